The van der Waals surface area contributed by atoms with Gasteiger partial charge in [0.2, 0.25) is 0 Å². The van der Waals surface area contributed by atoms with Gasteiger partial charge in [-0.3, -0.25) is 5.32 Å². The highest BCUT2D eigenvalue weighted by Crippen LogP contribution is 2.22. The lowest BCUT2D eigenvalue weighted by atomic mass is 10.1. The summed E-state index contributed by atoms with van der Waals surface area (Å²) in [7, 11) is 0. The van der Waals surface area contributed by atoms with Gasteiger partial charge in [0.05, 0.1) is 6.61 Å². The zero-order valence-electron chi connectivity index (χ0n) is 17.5. The Labute approximate surface area is 178 Å². The van der Waals surface area contributed by atoms with E-state index in [0.29, 0.717) is 22.4 Å². The number of anilines is 1. The number of amides is 1. The molecule has 0 radical (unpaired) electrons. The van der Waals surface area contributed by atoms with Crippen molar-refractivity contribution in [1.29, 1.82) is 0 Å². The minimum atomic E-state index is -0.613. The van der Waals surface area contributed by atoms with Crippen molar-refractivity contribution >= 4 is 28.7 Å². The molecule has 0 aliphatic heterocycles. The first-order valence-electron chi connectivity index (χ1n) is 9.72. The third kappa shape index (κ3) is 5.85. The number of fused-ring (bicyclic) bond motifs is 1. The molecule has 8 heteroatoms. The zero-order chi connectivity index (χ0) is 22.4. The van der Waals surface area contributed by atoms with Crippen molar-refractivity contribution in [3.8, 4) is 5.75 Å². The number of ether oxygens (including phenoxy) is 3. The fraction of sp³-hybridized carbons (Fsp3) is 0.261. The molecule has 3 aromatic rings. The average molecular weight is 425 g/mol. The van der Waals surface area contributed by atoms with Crippen LogP contribution in [-0.4, -0.2) is 25.3 Å². The van der Waals surface area contributed by atoms with Gasteiger partial charge >= 0.3 is 17.7 Å². The number of aryl methyl sites for hydroxylation is 2. The molecule has 0 saturated heterocycles. The van der Waals surface area contributed by atoms with E-state index in [0.717, 1.165) is 11.1 Å². The Bertz CT molecular complexity index is 1170. The Morgan fingerprint density at radius 1 is 1.03 bits per heavy atom. The molecule has 0 spiro atoms. The van der Waals surface area contributed by atoms with Crippen molar-refractivity contribution in [2.75, 3.05) is 18.5 Å². The lowest BCUT2D eigenvalue weighted by molar-refractivity contribution is -0.147. The Hall–Kier alpha value is -3.81. The van der Waals surface area contributed by atoms with E-state index in [9.17, 15) is 14.4 Å². The zero-order valence-corrected chi connectivity index (χ0v) is 17.5. The van der Waals surface area contributed by atoms with E-state index in [1.807, 2.05) is 32.0 Å². The molecule has 0 atom stereocenters. The van der Waals surface area contributed by atoms with Crippen molar-refractivity contribution in [3.05, 3.63) is 69.6 Å². The molecule has 1 amide bonds. The van der Waals surface area contributed by atoms with Crippen molar-refractivity contribution in [2.45, 2.75) is 27.4 Å². The SMILES string of the molecule is CCOC(=O)Nc1ccc2c(COC(=O)COc3cc(C)ccc3C)cc(=O)oc2c1. The quantitative estimate of drug-likeness (QED) is 0.449. The highest BCUT2D eigenvalue weighted by atomic mass is 16.6. The minimum absolute atomic E-state index is 0.123. The average Bonchev–Trinajstić information content (AvgIpc) is 2.72. The Balaban J connectivity index is 1.68. The number of hydrogen-bond donors (Lipinski definition) is 1. The van der Waals surface area contributed by atoms with E-state index in [1.165, 1.54) is 12.1 Å². The van der Waals surface area contributed by atoms with Gasteiger partial charge in [-0.15, -0.1) is 0 Å². The first-order chi connectivity index (χ1) is 14.9. The van der Waals surface area contributed by atoms with E-state index in [-0.39, 0.29) is 25.4 Å². The molecular formula is C23H23NO7. The van der Waals surface area contributed by atoms with Gasteiger partial charge in [0.1, 0.15) is 17.9 Å². The largest absolute Gasteiger partial charge is 0.482 e. The van der Waals surface area contributed by atoms with Gasteiger partial charge in [0.15, 0.2) is 6.61 Å². The molecule has 162 valence electrons. The number of benzene rings is 2. The van der Waals surface area contributed by atoms with Crippen molar-refractivity contribution in [2.24, 2.45) is 0 Å². The summed E-state index contributed by atoms with van der Waals surface area (Å²) in [5.41, 5.74) is 2.47. The van der Waals surface area contributed by atoms with Crippen LogP contribution in [0.2, 0.25) is 0 Å². The predicted molar refractivity (Wildman–Crippen MR) is 114 cm³/mol. The Morgan fingerprint density at radius 2 is 1.84 bits per heavy atom. The highest BCUT2D eigenvalue weighted by molar-refractivity contribution is 5.90. The molecule has 3 rings (SSSR count). The van der Waals surface area contributed by atoms with Gasteiger partial charge < -0.3 is 18.6 Å². The summed E-state index contributed by atoms with van der Waals surface area (Å²) in [6, 6.07) is 11.8. The first-order valence-corrected chi connectivity index (χ1v) is 9.72. The molecule has 0 saturated carbocycles. The van der Waals surface area contributed by atoms with Gasteiger partial charge in [-0.2, -0.15) is 0 Å². The highest BCUT2D eigenvalue weighted by Gasteiger charge is 2.12. The molecule has 0 aliphatic carbocycles. The van der Waals surface area contributed by atoms with Gasteiger partial charge in [-0.25, -0.2) is 14.4 Å². The summed E-state index contributed by atoms with van der Waals surface area (Å²) in [4.78, 5) is 35.6. The number of esters is 1. The summed E-state index contributed by atoms with van der Waals surface area (Å²) in [6.45, 7) is 5.38. The summed E-state index contributed by atoms with van der Waals surface area (Å²) < 4.78 is 20.9. The Morgan fingerprint density at radius 3 is 2.61 bits per heavy atom. The molecular weight excluding hydrogens is 402 g/mol. The fourth-order valence-electron chi connectivity index (χ4n) is 2.91. The third-order valence-corrected chi connectivity index (χ3v) is 4.43. The molecule has 0 bridgehead atoms. The van der Waals surface area contributed by atoms with Crippen LogP contribution in [-0.2, 0) is 20.9 Å². The maximum atomic E-state index is 12.1. The smallest absolute Gasteiger partial charge is 0.411 e. The fourth-order valence-corrected chi connectivity index (χ4v) is 2.91. The van der Waals surface area contributed by atoms with E-state index in [1.54, 1.807) is 19.1 Å². The molecule has 31 heavy (non-hydrogen) atoms. The number of hydrogen-bond acceptors (Lipinski definition) is 7. The Kier molecular flexibility index (Phi) is 6.92. The van der Waals surface area contributed by atoms with Gasteiger partial charge in [0, 0.05) is 28.8 Å². The molecule has 1 N–H and O–H groups in total. The van der Waals surface area contributed by atoms with E-state index < -0.39 is 17.7 Å². The van der Waals surface area contributed by atoms with E-state index in [2.05, 4.69) is 5.32 Å². The van der Waals surface area contributed by atoms with Crippen LogP contribution >= 0.6 is 0 Å². The van der Waals surface area contributed by atoms with Crippen LogP contribution in [0.25, 0.3) is 11.0 Å². The van der Waals surface area contributed by atoms with Crippen molar-refractivity contribution in [3.63, 3.8) is 0 Å². The maximum absolute atomic E-state index is 12.1. The van der Waals surface area contributed by atoms with Crippen LogP contribution < -0.4 is 15.7 Å². The van der Waals surface area contributed by atoms with Crippen LogP contribution in [0.4, 0.5) is 10.5 Å². The van der Waals surface area contributed by atoms with Crippen LogP contribution in [0.3, 0.4) is 0 Å². The van der Waals surface area contributed by atoms with Crippen LogP contribution in [0.15, 0.2) is 51.7 Å². The van der Waals surface area contributed by atoms with Crippen molar-refractivity contribution in [1.82, 2.24) is 0 Å². The van der Waals surface area contributed by atoms with Gasteiger partial charge in [-0.05, 0) is 50.1 Å². The molecule has 1 aromatic heterocycles. The minimum Gasteiger partial charge on any atom is -0.482 e. The summed E-state index contributed by atoms with van der Waals surface area (Å²) in [5.74, 6) is 0.0484. The number of rotatable bonds is 7. The number of nitrogens with one attached hydrogen (secondary N) is 1. The second-order valence-electron chi connectivity index (χ2n) is 6.87. The van der Waals surface area contributed by atoms with E-state index in [4.69, 9.17) is 18.6 Å². The van der Waals surface area contributed by atoms with Gasteiger partial charge in [-0.1, -0.05) is 12.1 Å². The van der Waals surface area contributed by atoms with E-state index >= 15 is 0 Å². The molecule has 2 aromatic carbocycles. The topological polar surface area (TPSA) is 104 Å². The second kappa shape index (κ2) is 9.80. The molecule has 8 nitrogen and oxygen atoms in total. The summed E-state index contributed by atoms with van der Waals surface area (Å²) >= 11 is 0. The summed E-state index contributed by atoms with van der Waals surface area (Å²) in [6.07, 6.45) is -0.613. The normalized spacial score (nSPS) is 10.5. The van der Waals surface area contributed by atoms with Crippen molar-refractivity contribution < 1.29 is 28.2 Å². The predicted octanol–water partition coefficient (Wildman–Crippen LogP) is 4.10. The van der Waals surface area contributed by atoms with Crippen LogP contribution in [0, 0.1) is 13.8 Å². The molecule has 1 heterocycles. The first kappa shape index (κ1) is 21.9. The van der Waals surface area contributed by atoms with Crippen LogP contribution in [0.5, 0.6) is 5.75 Å². The molecule has 0 aliphatic rings. The van der Waals surface area contributed by atoms with Gasteiger partial charge in [0.25, 0.3) is 0 Å². The second-order valence-corrected chi connectivity index (χ2v) is 6.87. The number of carbonyl (C=O) groups is 2. The van der Waals surface area contributed by atoms with Crippen LogP contribution in [0.1, 0.15) is 23.6 Å². The molecule has 0 fully saturated rings. The molecule has 0 unspecified atom stereocenters. The lowest BCUT2D eigenvalue weighted by Gasteiger charge is -2.11. The number of carbonyl (C=O) groups excluding carboxylic acids is 2. The lowest BCUT2D eigenvalue weighted by Crippen LogP contribution is -2.16. The monoisotopic (exact) mass is 425 g/mol. The standard InChI is InChI=1S/C23H23NO7/c1-4-28-23(27)24-17-7-8-18-16(10-21(25)31-20(18)11-17)12-30-22(26)13-29-19-9-14(2)5-6-15(19)3/h5-11H,4,12-13H2,1-3H3,(H,24,27). The third-order valence-electron chi connectivity index (χ3n) is 4.43. The maximum Gasteiger partial charge on any atom is 0.411 e. The summed E-state index contributed by atoms with van der Waals surface area (Å²) in [5, 5.41) is 3.12.